The fraction of sp³-hybridized carbons (Fsp3) is 0.176. The molecule has 0 saturated carbocycles. The molecule has 0 amide bonds. The Labute approximate surface area is 289 Å². The Balaban J connectivity index is 1.17. The van der Waals surface area contributed by atoms with E-state index in [0.29, 0.717) is 35.9 Å². The van der Waals surface area contributed by atoms with E-state index in [0.717, 1.165) is 37.4 Å². The molecule has 0 saturated heterocycles. The summed E-state index contributed by atoms with van der Waals surface area (Å²) < 4.78 is 51.2. The molecule has 6 aromatic rings. The summed E-state index contributed by atoms with van der Waals surface area (Å²) in [6.45, 7) is 1.04. The van der Waals surface area contributed by atoms with Crippen LogP contribution in [0.5, 0.6) is 11.5 Å². The smallest absolute Gasteiger partial charge is 0.196 e. The van der Waals surface area contributed by atoms with Crippen molar-refractivity contribution in [3.8, 4) is 22.8 Å². The zero-order valence-electron chi connectivity index (χ0n) is 25.9. The number of anilines is 2. The van der Waals surface area contributed by atoms with Crippen LogP contribution in [0.25, 0.3) is 22.2 Å². The zero-order valence-corrected chi connectivity index (χ0v) is 29.1. The summed E-state index contributed by atoms with van der Waals surface area (Å²) in [5.74, 6) is 1.46. The average molecular weight is 750 g/mol. The van der Waals surface area contributed by atoms with Gasteiger partial charge in [-0.1, -0.05) is 18.2 Å². The molecule has 0 radical (unpaired) electrons. The molecule has 0 aliphatic rings. The van der Waals surface area contributed by atoms with Gasteiger partial charge in [0.2, 0.25) is 0 Å². The second-order valence-electron chi connectivity index (χ2n) is 10.8. The molecule has 0 unspecified atom stereocenters. The van der Waals surface area contributed by atoms with Crippen molar-refractivity contribution in [3.05, 3.63) is 112 Å². The van der Waals surface area contributed by atoms with Crippen LogP contribution in [0.15, 0.2) is 100 Å². The van der Waals surface area contributed by atoms with Crippen molar-refractivity contribution < 1.29 is 22.3 Å². The number of rotatable bonds is 13. The highest BCUT2D eigenvalue weighted by Gasteiger charge is 2.19. The Kier molecular flexibility index (Phi) is 10.2. The number of nitrogens with zero attached hydrogens (tertiary/aromatic N) is 5. The monoisotopic (exact) mass is 748 g/mol. The Morgan fingerprint density at radius 2 is 1.88 bits per heavy atom. The highest BCUT2D eigenvalue weighted by molar-refractivity contribution is 9.10. The van der Waals surface area contributed by atoms with Crippen molar-refractivity contribution >= 4 is 59.5 Å². The van der Waals surface area contributed by atoms with Crippen molar-refractivity contribution in [1.29, 1.82) is 0 Å². The zero-order chi connectivity index (χ0) is 33.7. The largest absolute Gasteiger partial charge is 0.496 e. The fourth-order valence-corrected chi connectivity index (χ4v) is 7.54. The van der Waals surface area contributed by atoms with E-state index >= 15 is 0 Å². The second kappa shape index (κ2) is 14.7. The van der Waals surface area contributed by atoms with Gasteiger partial charge >= 0.3 is 0 Å². The number of benzene rings is 3. The molecular formula is C34H30BrFN6O4S2. The van der Waals surface area contributed by atoms with E-state index in [1.54, 1.807) is 25.3 Å². The molecule has 0 atom stereocenters. The number of aromatic nitrogens is 4. The number of halogens is 2. The van der Waals surface area contributed by atoms with Gasteiger partial charge in [0, 0.05) is 40.8 Å². The van der Waals surface area contributed by atoms with Gasteiger partial charge in [-0.25, -0.2) is 32.7 Å². The summed E-state index contributed by atoms with van der Waals surface area (Å²) in [6.07, 6.45) is 2.96. The number of fused-ring (bicyclic) bond motifs is 1. The first-order valence-corrected chi connectivity index (χ1v) is 18.0. The molecule has 3 aromatic carbocycles. The van der Waals surface area contributed by atoms with E-state index in [-0.39, 0.29) is 23.2 Å². The minimum absolute atomic E-state index is 0.0474. The number of pyridine rings is 1. The summed E-state index contributed by atoms with van der Waals surface area (Å²) in [5.41, 5.74) is 3.68. The van der Waals surface area contributed by atoms with Crippen LogP contribution in [0.4, 0.5) is 15.9 Å². The summed E-state index contributed by atoms with van der Waals surface area (Å²) in [5, 5.41) is 7.00. The van der Waals surface area contributed by atoms with Crippen LogP contribution in [-0.4, -0.2) is 59.7 Å². The van der Waals surface area contributed by atoms with E-state index in [4.69, 9.17) is 14.5 Å². The van der Waals surface area contributed by atoms with Gasteiger partial charge in [-0.2, -0.15) is 0 Å². The molecule has 48 heavy (non-hydrogen) atoms. The number of methoxy groups -OCH3 is 1. The van der Waals surface area contributed by atoms with E-state index in [9.17, 15) is 12.8 Å². The molecule has 3 aromatic heterocycles. The Morgan fingerprint density at radius 1 is 1.00 bits per heavy atom. The van der Waals surface area contributed by atoms with Gasteiger partial charge in [0.25, 0.3) is 0 Å². The summed E-state index contributed by atoms with van der Waals surface area (Å²) in [7, 11) is -0.0214. The van der Waals surface area contributed by atoms with Gasteiger partial charge in [0.05, 0.1) is 35.1 Å². The minimum Gasteiger partial charge on any atom is -0.496 e. The predicted molar refractivity (Wildman–Crippen MR) is 188 cm³/mol. The number of ether oxygens (including phenoxy) is 2. The van der Waals surface area contributed by atoms with Crippen molar-refractivity contribution in [2.75, 3.05) is 31.8 Å². The third-order valence-corrected chi connectivity index (χ3v) is 10.4. The lowest BCUT2D eigenvalue weighted by atomic mass is 10.1. The van der Waals surface area contributed by atoms with Crippen LogP contribution in [0.1, 0.15) is 10.6 Å². The molecule has 10 nitrogen and oxygen atoms in total. The van der Waals surface area contributed by atoms with Crippen LogP contribution in [0.3, 0.4) is 0 Å². The van der Waals surface area contributed by atoms with Gasteiger partial charge in [-0.05, 0) is 77.1 Å². The van der Waals surface area contributed by atoms with E-state index in [1.165, 1.54) is 42.1 Å². The lowest BCUT2D eigenvalue weighted by molar-refractivity contribution is 0.303. The third kappa shape index (κ3) is 7.96. The van der Waals surface area contributed by atoms with Crippen LogP contribution < -0.4 is 14.8 Å². The topological polar surface area (TPSA) is 119 Å². The van der Waals surface area contributed by atoms with E-state index in [2.05, 4.69) is 36.2 Å². The third-order valence-electron chi connectivity index (χ3n) is 7.37. The first-order valence-electron chi connectivity index (χ1n) is 14.7. The summed E-state index contributed by atoms with van der Waals surface area (Å²) in [6, 6.07) is 20.5. The van der Waals surface area contributed by atoms with Gasteiger partial charge < -0.3 is 14.8 Å². The quantitative estimate of drug-likeness (QED) is 0.129. The highest BCUT2D eigenvalue weighted by atomic mass is 79.9. The van der Waals surface area contributed by atoms with Gasteiger partial charge in [-0.15, -0.1) is 11.3 Å². The molecule has 0 spiro atoms. The standard InChI is InChI=1S/C34H30BrFN6O4S2/c1-42(12-13-48(43,44)33-8-3-4-11-37-33)18-32-41-29(20-47-32)25-16-26-28(17-31(25)45-2)38-21-39-34(26)40-24-9-10-30(27(35)15-24)46-19-22-6-5-7-23(36)14-22/h3-11,14-17,20-21H,12-13,18-19H2,1-2H3,(H,38,39,40). The molecule has 0 fully saturated rings. The maximum Gasteiger partial charge on any atom is 0.196 e. The fourth-order valence-electron chi connectivity index (χ4n) is 4.90. The normalized spacial score (nSPS) is 11.6. The Bertz CT molecular complexity index is 2170. The SMILES string of the molecule is COc1cc2ncnc(Nc3ccc(OCc4cccc(F)c4)c(Br)c3)c2cc1-c1csc(CN(C)CCS(=O)(=O)c2ccccn2)n1. The maximum absolute atomic E-state index is 13.5. The molecule has 14 heteroatoms. The lowest BCUT2D eigenvalue weighted by Gasteiger charge is -2.15. The van der Waals surface area contributed by atoms with Crippen molar-refractivity contribution in [2.24, 2.45) is 0 Å². The number of sulfone groups is 1. The summed E-state index contributed by atoms with van der Waals surface area (Å²) in [4.78, 5) is 19.7. The van der Waals surface area contributed by atoms with Crippen molar-refractivity contribution in [3.63, 3.8) is 0 Å². The van der Waals surface area contributed by atoms with Crippen molar-refractivity contribution in [2.45, 2.75) is 18.2 Å². The Morgan fingerprint density at radius 3 is 2.65 bits per heavy atom. The predicted octanol–water partition coefficient (Wildman–Crippen LogP) is 7.29. The van der Waals surface area contributed by atoms with Crippen LogP contribution >= 0.6 is 27.3 Å². The van der Waals surface area contributed by atoms with Gasteiger partial charge in [0.1, 0.15) is 41.1 Å². The number of nitrogens with one attached hydrogen (secondary N) is 1. The second-order valence-corrected chi connectivity index (χ2v) is 14.7. The molecule has 0 aliphatic heterocycles. The number of hydrogen-bond acceptors (Lipinski definition) is 11. The molecule has 6 rings (SSSR count). The molecule has 246 valence electrons. The van der Waals surface area contributed by atoms with Crippen LogP contribution in [-0.2, 0) is 23.0 Å². The molecule has 0 aliphatic carbocycles. The first-order chi connectivity index (χ1) is 23.2. The molecule has 1 N–H and O–H groups in total. The minimum atomic E-state index is -3.49. The summed E-state index contributed by atoms with van der Waals surface area (Å²) >= 11 is 5.06. The number of hydrogen-bond donors (Lipinski definition) is 1. The van der Waals surface area contributed by atoms with Gasteiger partial charge in [-0.3, -0.25) is 4.90 Å². The Hall–Kier alpha value is -4.50. The maximum atomic E-state index is 13.5. The van der Waals surface area contributed by atoms with Crippen LogP contribution in [0, 0.1) is 5.82 Å². The van der Waals surface area contributed by atoms with E-state index < -0.39 is 9.84 Å². The average Bonchev–Trinajstić information content (AvgIpc) is 3.55. The van der Waals surface area contributed by atoms with E-state index in [1.807, 2.05) is 53.7 Å². The first kappa shape index (κ1) is 33.4. The molecule has 3 heterocycles. The van der Waals surface area contributed by atoms with Crippen molar-refractivity contribution in [1.82, 2.24) is 24.8 Å². The van der Waals surface area contributed by atoms with Gasteiger partial charge in [0.15, 0.2) is 14.9 Å². The highest BCUT2D eigenvalue weighted by Crippen LogP contribution is 2.37. The van der Waals surface area contributed by atoms with Crippen LogP contribution in [0.2, 0.25) is 0 Å². The molecular weight excluding hydrogens is 719 g/mol. The molecule has 0 bridgehead atoms. The number of thiazole rings is 1. The lowest BCUT2D eigenvalue weighted by Crippen LogP contribution is -2.25.